The lowest BCUT2D eigenvalue weighted by atomic mass is 10.1. The van der Waals surface area contributed by atoms with Gasteiger partial charge in [0.15, 0.2) is 5.65 Å². The molecular formula is C17H19N3O. The number of benzene rings is 1. The molecule has 0 aliphatic heterocycles. The highest BCUT2D eigenvalue weighted by atomic mass is 16.1. The van der Waals surface area contributed by atoms with E-state index in [4.69, 9.17) is 0 Å². The highest BCUT2D eigenvalue weighted by Gasteiger charge is 2.15. The van der Waals surface area contributed by atoms with Crippen LogP contribution in [0.2, 0.25) is 0 Å². The zero-order valence-electron chi connectivity index (χ0n) is 12.8. The summed E-state index contributed by atoms with van der Waals surface area (Å²) in [5, 5.41) is 3.21. The molecule has 0 amide bonds. The molecule has 2 aromatic heterocycles. The molecule has 4 nitrogen and oxygen atoms in total. The smallest absolute Gasteiger partial charge is 0.276 e. The lowest BCUT2D eigenvalue weighted by Gasteiger charge is -2.02. The molecule has 0 unspecified atom stereocenters. The fourth-order valence-corrected chi connectivity index (χ4v) is 2.73. The quantitative estimate of drug-likeness (QED) is 0.784. The molecule has 0 bridgehead atoms. The molecule has 0 aliphatic carbocycles. The highest BCUT2D eigenvalue weighted by Crippen LogP contribution is 2.24. The monoisotopic (exact) mass is 281 g/mol. The second kappa shape index (κ2) is 4.88. The number of fused-ring (bicyclic) bond motifs is 1. The maximum atomic E-state index is 12.5. The fraction of sp³-hybridized carbons (Fsp3) is 0.294. The molecule has 108 valence electrons. The van der Waals surface area contributed by atoms with Gasteiger partial charge >= 0.3 is 0 Å². The third-order valence-corrected chi connectivity index (χ3v) is 4.01. The van der Waals surface area contributed by atoms with Crippen molar-refractivity contribution in [3.63, 3.8) is 0 Å². The summed E-state index contributed by atoms with van der Waals surface area (Å²) in [6, 6.07) is 8.26. The van der Waals surface area contributed by atoms with Gasteiger partial charge in [-0.3, -0.25) is 9.89 Å². The first-order valence-electron chi connectivity index (χ1n) is 7.20. The van der Waals surface area contributed by atoms with Gasteiger partial charge in [0, 0.05) is 16.8 Å². The maximum absolute atomic E-state index is 12.5. The zero-order chi connectivity index (χ0) is 15.1. The van der Waals surface area contributed by atoms with Crippen molar-refractivity contribution in [3.05, 3.63) is 57.0 Å². The van der Waals surface area contributed by atoms with E-state index >= 15 is 0 Å². The van der Waals surface area contributed by atoms with E-state index < -0.39 is 0 Å². The maximum Gasteiger partial charge on any atom is 0.276 e. The number of hydrogen-bond acceptors (Lipinski definition) is 2. The molecule has 3 aromatic rings. The first-order valence-corrected chi connectivity index (χ1v) is 7.20. The third kappa shape index (κ3) is 2.07. The van der Waals surface area contributed by atoms with Crippen molar-refractivity contribution >= 4 is 5.65 Å². The SMILES string of the molecule is CCc1c(C)nc2c(C)c(-c3ccc(C)cc3)[nH]n2c1=O. The van der Waals surface area contributed by atoms with Gasteiger partial charge < -0.3 is 0 Å². The first-order chi connectivity index (χ1) is 10.0. The van der Waals surface area contributed by atoms with Crippen molar-refractivity contribution < 1.29 is 0 Å². The first kappa shape index (κ1) is 13.6. The van der Waals surface area contributed by atoms with Crippen LogP contribution >= 0.6 is 0 Å². The minimum atomic E-state index is 0.00135. The molecule has 0 saturated heterocycles. The topological polar surface area (TPSA) is 50.2 Å². The lowest BCUT2D eigenvalue weighted by Crippen LogP contribution is -2.21. The van der Waals surface area contributed by atoms with E-state index in [0.29, 0.717) is 12.1 Å². The predicted molar refractivity (Wildman–Crippen MR) is 84.8 cm³/mol. The normalized spacial score (nSPS) is 11.2. The van der Waals surface area contributed by atoms with Gasteiger partial charge in [0.05, 0.1) is 5.69 Å². The second-order valence-corrected chi connectivity index (χ2v) is 5.47. The van der Waals surface area contributed by atoms with E-state index in [-0.39, 0.29) is 5.56 Å². The summed E-state index contributed by atoms with van der Waals surface area (Å²) in [7, 11) is 0. The van der Waals surface area contributed by atoms with Gasteiger partial charge in [0.25, 0.3) is 5.56 Å². The van der Waals surface area contributed by atoms with E-state index in [1.807, 2.05) is 20.8 Å². The van der Waals surface area contributed by atoms with E-state index in [0.717, 1.165) is 28.1 Å². The van der Waals surface area contributed by atoms with E-state index in [2.05, 4.69) is 41.3 Å². The van der Waals surface area contributed by atoms with Gasteiger partial charge in [0.1, 0.15) is 0 Å². The number of aromatic nitrogens is 3. The average Bonchev–Trinajstić information content (AvgIpc) is 2.78. The van der Waals surface area contributed by atoms with Gasteiger partial charge in [-0.1, -0.05) is 36.8 Å². The van der Waals surface area contributed by atoms with Crippen molar-refractivity contribution in [2.24, 2.45) is 0 Å². The lowest BCUT2D eigenvalue weighted by molar-refractivity contribution is 0.855. The van der Waals surface area contributed by atoms with Crippen LogP contribution in [0.3, 0.4) is 0 Å². The molecular weight excluding hydrogens is 262 g/mol. The Kier molecular flexibility index (Phi) is 3.16. The Bertz CT molecular complexity index is 870. The van der Waals surface area contributed by atoms with Gasteiger partial charge in [-0.25, -0.2) is 9.50 Å². The summed E-state index contributed by atoms with van der Waals surface area (Å²) < 4.78 is 1.57. The van der Waals surface area contributed by atoms with Crippen molar-refractivity contribution in [3.8, 4) is 11.3 Å². The van der Waals surface area contributed by atoms with Crippen LogP contribution in [0.15, 0.2) is 29.1 Å². The molecule has 1 aromatic carbocycles. The Hall–Kier alpha value is -2.36. The molecule has 0 spiro atoms. The molecule has 0 radical (unpaired) electrons. The van der Waals surface area contributed by atoms with Crippen LogP contribution in [-0.2, 0) is 6.42 Å². The van der Waals surface area contributed by atoms with Crippen LogP contribution in [0, 0.1) is 20.8 Å². The van der Waals surface area contributed by atoms with E-state index in [1.54, 1.807) is 4.52 Å². The van der Waals surface area contributed by atoms with Crippen LogP contribution in [0.1, 0.15) is 29.3 Å². The molecule has 3 rings (SSSR count). The summed E-state index contributed by atoms with van der Waals surface area (Å²) in [4.78, 5) is 17.1. The average molecular weight is 281 g/mol. The van der Waals surface area contributed by atoms with E-state index in [1.165, 1.54) is 5.56 Å². The predicted octanol–water partition coefficient (Wildman–Crippen LogP) is 3.18. The standard InChI is InChI=1S/C17H19N3O/c1-5-14-12(4)18-16-11(3)15(19-20(16)17(14)21)13-8-6-10(2)7-9-13/h6-9,19H,5H2,1-4H3. The molecule has 0 fully saturated rings. The molecule has 21 heavy (non-hydrogen) atoms. The Morgan fingerprint density at radius 2 is 1.81 bits per heavy atom. The second-order valence-electron chi connectivity index (χ2n) is 5.47. The molecule has 0 aliphatic rings. The molecule has 2 heterocycles. The van der Waals surface area contributed by atoms with E-state index in [9.17, 15) is 4.79 Å². The van der Waals surface area contributed by atoms with Gasteiger partial charge in [0.2, 0.25) is 0 Å². The number of aryl methyl sites for hydroxylation is 3. The zero-order valence-corrected chi connectivity index (χ0v) is 12.8. The molecule has 1 N–H and O–H groups in total. The number of H-pyrrole nitrogens is 1. The fourth-order valence-electron chi connectivity index (χ4n) is 2.73. The Morgan fingerprint density at radius 1 is 1.14 bits per heavy atom. The van der Waals surface area contributed by atoms with Crippen LogP contribution < -0.4 is 5.56 Å². The van der Waals surface area contributed by atoms with Gasteiger partial charge in [-0.15, -0.1) is 0 Å². The Morgan fingerprint density at radius 3 is 2.43 bits per heavy atom. The summed E-state index contributed by atoms with van der Waals surface area (Å²) >= 11 is 0. The summed E-state index contributed by atoms with van der Waals surface area (Å²) in [6.45, 7) is 7.94. The van der Waals surface area contributed by atoms with Crippen molar-refractivity contribution in [2.45, 2.75) is 34.1 Å². The third-order valence-electron chi connectivity index (χ3n) is 4.01. The van der Waals surface area contributed by atoms with Crippen LogP contribution in [-0.4, -0.2) is 14.6 Å². The minimum absolute atomic E-state index is 0.00135. The number of rotatable bonds is 2. The van der Waals surface area contributed by atoms with Crippen LogP contribution in [0.4, 0.5) is 0 Å². The van der Waals surface area contributed by atoms with Gasteiger partial charge in [-0.05, 0) is 32.8 Å². The summed E-state index contributed by atoms with van der Waals surface area (Å²) in [5.74, 6) is 0. The number of nitrogens with zero attached hydrogens (tertiary/aromatic N) is 2. The number of hydrogen-bond donors (Lipinski definition) is 1. The number of nitrogens with one attached hydrogen (secondary N) is 1. The van der Waals surface area contributed by atoms with Crippen LogP contribution in [0.25, 0.3) is 16.9 Å². The Balaban J connectivity index is 2.32. The Labute approximate surface area is 123 Å². The molecule has 0 atom stereocenters. The molecule has 4 heteroatoms. The highest BCUT2D eigenvalue weighted by molar-refractivity contribution is 5.70. The summed E-state index contributed by atoms with van der Waals surface area (Å²) in [5.41, 5.74) is 6.54. The molecule has 0 saturated carbocycles. The number of aromatic amines is 1. The van der Waals surface area contributed by atoms with Gasteiger partial charge in [-0.2, -0.15) is 0 Å². The largest absolute Gasteiger partial charge is 0.289 e. The minimum Gasteiger partial charge on any atom is -0.289 e. The summed E-state index contributed by atoms with van der Waals surface area (Å²) in [6.07, 6.45) is 0.693. The van der Waals surface area contributed by atoms with Crippen LogP contribution in [0.5, 0.6) is 0 Å². The van der Waals surface area contributed by atoms with Crippen molar-refractivity contribution in [1.29, 1.82) is 0 Å². The van der Waals surface area contributed by atoms with Crippen molar-refractivity contribution in [2.75, 3.05) is 0 Å². The van der Waals surface area contributed by atoms with Crippen molar-refractivity contribution in [1.82, 2.24) is 14.6 Å².